The van der Waals surface area contributed by atoms with Crippen LogP contribution in [0, 0.1) is 0 Å². The summed E-state index contributed by atoms with van der Waals surface area (Å²) in [5, 5.41) is 26.2. The third-order valence-electron chi connectivity index (χ3n) is 5.26. The van der Waals surface area contributed by atoms with Gasteiger partial charge in [-0.3, -0.25) is 19.4 Å². The van der Waals surface area contributed by atoms with Crippen LogP contribution in [0.15, 0.2) is 4.99 Å². The van der Waals surface area contributed by atoms with E-state index in [9.17, 15) is 29.4 Å². The Hall–Kier alpha value is -3.01. The number of carbonyl (C=O) groups is 4. The van der Waals surface area contributed by atoms with Crippen LogP contribution >= 0.6 is 0 Å². The number of nitrogens with one attached hydrogen (secondary N) is 3. The van der Waals surface area contributed by atoms with Crippen molar-refractivity contribution in [2.24, 2.45) is 33.7 Å². The fourth-order valence-electron chi connectivity index (χ4n) is 3.18. The maximum absolute atomic E-state index is 12.9. The van der Waals surface area contributed by atoms with Gasteiger partial charge in [-0.1, -0.05) is 6.42 Å². The number of hydrogen-bond acceptors (Lipinski definition) is 9. The lowest BCUT2D eigenvalue weighted by molar-refractivity contribution is -0.142. The van der Waals surface area contributed by atoms with Crippen molar-refractivity contribution in [3.63, 3.8) is 0 Å². The summed E-state index contributed by atoms with van der Waals surface area (Å²) in [6.45, 7) is 0.241. The Kier molecular flexibility index (Phi) is 17.6. The highest BCUT2D eigenvalue weighted by Crippen LogP contribution is 2.05. The van der Waals surface area contributed by atoms with Gasteiger partial charge in [0.1, 0.15) is 18.1 Å². The monoisotopic (exact) mass is 517 g/mol. The lowest BCUT2D eigenvalue weighted by Crippen LogP contribution is -2.58. The molecule has 15 N–H and O–H groups in total. The molecule has 15 nitrogen and oxygen atoms in total. The Labute approximate surface area is 211 Å². The van der Waals surface area contributed by atoms with Crippen LogP contribution in [0.2, 0.25) is 0 Å². The predicted molar refractivity (Wildman–Crippen MR) is 134 cm³/mol. The number of aliphatic carboxylic acids is 1. The number of unbranched alkanes of at least 4 members (excludes halogenated alkanes) is 2. The van der Waals surface area contributed by atoms with Crippen LogP contribution in [-0.2, 0) is 19.2 Å². The Morgan fingerprint density at radius 3 is 1.75 bits per heavy atom. The normalized spacial score (nSPS) is 14.1. The van der Waals surface area contributed by atoms with E-state index in [1.54, 1.807) is 0 Å². The summed E-state index contributed by atoms with van der Waals surface area (Å²) >= 11 is 0. The number of guanidine groups is 1. The number of aliphatic imine (C=N–C) groups is 1. The van der Waals surface area contributed by atoms with E-state index in [0.717, 1.165) is 0 Å². The number of amides is 3. The molecule has 4 unspecified atom stereocenters. The van der Waals surface area contributed by atoms with Crippen molar-refractivity contribution in [1.82, 2.24) is 16.0 Å². The molecule has 4 atom stereocenters. The minimum absolute atomic E-state index is 0.112. The van der Waals surface area contributed by atoms with Gasteiger partial charge in [-0.25, -0.2) is 4.79 Å². The molecule has 0 bridgehead atoms. The number of hydrogen-bond donors (Lipinski definition) is 10. The fourth-order valence-corrected chi connectivity index (χ4v) is 3.18. The molecule has 0 aliphatic carbocycles. The maximum atomic E-state index is 12.9. The van der Waals surface area contributed by atoms with E-state index in [0.29, 0.717) is 51.6 Å². The highest BCUT2D eigenvalue weighted by atomic mass is 16.4. The SMILES string of the molecule is NCCCCC(N)C(=O)NC(CCCN=C(N)N)C(=O)NC(CO)C(=O)NC(CCCCN)C(=O)O. The minimum Gasteiger partial charge on any atom is -0.480 e. The van der Waals surface area contributed by atoms with Crippen LogP contribution in [0.1, 0.15) is 51.4 Å². The van der Waals surface area contributed by atoms with E-state index >= 15 is 0 Å². The van der Waals surface area contributed by atoms with Crippen molar-refractivity contribution in [2.45, 2.75) is 75.5 Å². The first kappa shape index (κ1) is 33.0. The number of aliphatic hydroxyl groups excluding tert-OH is 1. The topological polar surface area (TPSA) is 287 Å². The first-order chi connectivity index (χ1) is 17.1. The Bertz CT molecular complexity index is 718. The second-order valence-corrected chi connectivity index (χ2v) is 8.33. The molecule has 208 valence electrons. The summed E-state index contributed by atoms with van der Waals surface area (Å²) < 4.78 is 0. The molecule has 0 saturated heterocycles. The van der Waals surface area contributed by atoms with Crippen molar-refractivity contribution >= 4 is 29.7 Å². The number of nitrogens with zero attached hydrogens (tertiary/aromatic N) is 1. The molecule has 0 aliphatic rings. The molecular weight excluding hydrogens is 474 g/mol. The third kappa shape index (κ3) is 14.4. The molecule has 0 aromatic rings. The average Bonchev–Trinajstić information content (AvgIpc) is 2.83. The highest BCUT2D eigenvalue weighted by molar-refractivity contribution is 5.94. The molecule has 0 spiro atoms. The van der Waals surface area contributed by atoms with Crippen molar-refractivity contribution in [3.8, 4) is 0 Å². The summed E-state index contributed by atoms with van der Waals surface area (Å²) in [7, 11) is 0. The summed E-state index contributed by atoms with van der Waals surface area (Å²) in [5.41, 5.74) is 27.4. The summed E-state index contributed by atoms with van der Waals surface area (Å²) in [5.74, 6) is -3.58. The van der Waals surface area contributed by atoms with Gasteiger partial charge in [-0.05, 0) is 58.0 Å². The minimum atomic E-state index is -1.44. The fraction of sp³-hybridized carbons (Fsp3) is 0.762. The molecule has 0 rings (SSSR count). The Morgan fingerprint density at radius 1 is 0.722 bits per heavy atom. The van der Waals surface area contributed by atoms with E-state index in [-0.39, 0.29) is 25.3 Å². The molecule has 0 fully saturated rings. The number of aliphatic hydroxyl groups is 1. The number of carbonyl (C=O) groups excluding carboxylic acids is 3. The molecule has 0 aromatic heterocycles. The number of nitrogens with two attached hydrogens (primary N) is 5. The van der Waals surface area contributed by atoms with Crippen molar-refractivity contribution in [1.29, 1.82) is 0 Å². The summed E-state index contributed by atoms with van der Waals surface area (Å²) in [6.07, 6.45) is 3.31. The van der Waals surface area contributed by atoms with Gasteiger partial charge in [0.15, 0.2) is 5.96 Å². The number of rotatable bonds is 20. The van der Waals surface area contributed by atoms with Crippen molar-refractivity contribution in [3.05, 3.63) is 0 Å². The lowest BCUT2D eigenvalue weighted by atomic mass is 10.1. The Morgan fingerprint density at radius 2 is 1.22 bits per heavy atom. The molecule has 3 amide bonds. The van der Waals surface area contributed by atoms with Crippen LogP contribution < -0.4 is 44.6 Å². The molecule has 36 heavy (non-hydrogen) atoms. The highest BCUT2D eigenvalue weighted by Gasteiger charge is 2.29. The molecule has 0 saturated carbocycles. The van der Waals surface area contributed by atoms with E-state index in [2.05, 4.69) is 20.9 Å². The van der Waals surface area contributed by atoms with E-state index in [4.69, 9.17) is 28.7 Å². The second kappa shape index (κ2) is 19.2. The molecular formula is C21H43N9O6. The molecule has 15 heteroatoms. The van der Waals surface area contributed by atoms with E-state index in [1.807, 2.05) is 0 Å². The van der Waals surface area contributed by atoms with Gasteiger partial charge in [-0.2, -0.15) is 0 Å². The third-order valence-corrected chi connectivity index (χ3v) is 5.26. The second-order valence-electron chi connectivity index (χ2n) is 8.33. The Balaban J connectivity index is 5.27. The van der Waals surface area contributed by atoms with Crippen molar-refractivity contribution < 1.29 is 29.4 Å². The smallest absolute Gasteiger partial charge is 0.326 e. The quantitative estimate of drug-likeness (QED) is 0.0423. The van der Waals surface area contributed by atoms with Gasteiger partial charge in [0.05, 0.1) is 12.6 Å². The van der Waals surface area contributed by atoms with Crippen LogP contribution in [0.3, 0.4) is 0 Å². The summed E-state index contributed by atoms with van der Waals surface area (Å²) in [6, 6.07) is -4.62. The largest absolute Gasteiger partial charge is 0.480 e. The lowest BCUT2D eigenvalue weighted by Gasteiger charge is -2.24. The van der Waals surface area contributed by atoms with Gasteiger partial charge in [0.2, 0.25) is 17.7 Å². The number of carboxylic acids is 1. The van der Waals surface area contributed by atoms with Crippen molar-refractivity contribution in [2.75, 3.05) is 26.2 Å². The van der Waals surface area contributed by atoms with Gasteiger partial charge < -0.3 is 54.8 Å². The molecule has 0 heterocycles. The van der Waals surface area contributed by atoms with E-state index < -0.39 is 54.5 Å². The summed E-state index contributed by atoms with van der Waals surface area (Å²) in [4.78, 5) is 53.3. The molecule has 0 radical (unpaired) electrons. The zero-order chi connectivity index (χ0) is 27.5. The van der Waals surface area contributed by atoms with E-state index in [1.165, 1.54) is 0 Å². The van der Waals surface area contributed by atoms with Crippen LogP contribution in [-0.4, -0.2) is 90.3 Å². The van der Waals surface area contributed by atoms with Gasteiger partial charge in [0, 0.05) is 6.54 Å². The zero-order valence-corrected chi connectivity index (χ0v) is 20.7. The average molecular weight is 518 g/mol. The standard InChI is InChI=1S/C21H43N9O6/c22-9-3-1-6-13(24)17(32)28-14(8-5-11-27-21(25)26)18(33)30-16(12-31)19(34)29-15(20(35)36)7-2-4-10-23/h13-16,31H,1-12,22-24H2,(H,28,32)(H,29,34)(H,30,33)(H,35,36)(H4,25,26,27). The predicted octanol–water partition coefficient (Wildman–Crippen LogP) is -3.84. The first-order valence-corrected chi connectivity index (χ1v) is 12.0. The van der Waals surface area contributed by atoms with Crippen LogP contribution in [0.5, 0.6) is 0 Å². The zero-order valence-electron chi connectivity index (χ0n) is 20.7. The van der Waals surface area contributed by atoms with Gasteiger partial charge in [0.25, 0.3) is 0 Å². The van der Waals surface area contributed by atoms with Gasteiger partial charge in [-0.15, -0.1) is 0 Å². The van der Waals surface area contributed by atoms with Crippen LogP contribution in [0.25, 0.3) is 0 Å². The number of carboxylic acid groups (broad SMARTS) is 1. The molecule has 0 aliphatic heterocycles. The maximum Gasteiger partial charge on any atom is 0.326 e. The molecule has 0 aromatic carbocycles. The first-order valence-electron chi connectivity index (χ1n) is 12.0. The van der Waals surface area contributed by atoms with Gasteiger partial charge >= 0.3 is 5.97 Å². The van der Waals surface area contributed by atoms with Crippen LogP contribution in [0.4, 0.5) is 0 Å².